The minimum absolute atomic E-state index is 0.164. The van der Waals surface area contributed by atoms with Gasteiger partial charge in [-0.2, -0.15) is 0 Å². The fraction of sp³-hybridized carbons (Fsp3) is 0.286. The van der Waals surface area contributed by atoms with E-state index in [0.717, 1.165) is 22.2 Å². The molecule has 18 heavy (non-hydrogen) atoms. The fourth-order valence-electron chi connectivity index (χ4n) is 1.71. The van der Waals surface area contributed by atoms with E-state index in [9.17, 15) is 0 Å². The number of nitrogens with zero attached hydrogens (tertiary/aromatic N) is 2. The lowest BCUT2D eigenvalue weighted by Gasteiger charge is -2.16. The van der Waals surface area contributed by atoms with E-state index >= 15 is 0 Å². The number of anilines is 1. The van der Waals surface area contributed by atoms with Gasteiger partial charge in [0, 0.05) is 11.2 Å². The van der Waals surface area contributed by atoms with Crippen LogP contribution in [0.15, 0.2) is 30.5 Å². The molecule has 0 bridgehead atoms. The van der Waals surface area contributed by atoms with Crippen molar-refractivity contribution in [3.8, 4) is 0 Å². The molecule has 1 heterocycles. The van der Waals surface area contributed by atoms with Gasteiger partial charge in [0.15, 0.2) is 0 Å². The lowest BCUT2D eigenvalue weighted by Crippen LogP contribution is -2.10. The standard InChI is InChI=1S/C14H16ClN3/c1-9-8-16-11(3)14(17-9)18-10(2)12-4-6-13(15)7-5-12/h4-8,10H,1-3H3,(H,17,18). The van der Waals surface area contributed by atoms with Crippen LogP contribution in [0.4, 0.5) is 5.82 Å². The Kier molecular flexibility index (Phi) is 3.82. The molecule has 94 valence electrons. The minimum atomic E-state index is 0.164. The van der Waals surface area contributed by atoms with Crippen LogP contribution >= 0.6 is 11.6 Å². The van der Waals surface area contributed by atoms with Gasteiger partial charge in [0.25, 0.3) is 0 Å². The highest BCUT2D eigenvalue weighted by atomic mass is 35.5. The largest absolute Gasteiger partial charge is 0.362 e. The highest BCUT2D eigenvalue weighted by molar-refractivity contribution is 6.30. The van der Waals surface area contributed by atoms with Crippen molar-refractivity contribution in [2.75, 3.05) is 5.32 Å². The second kappa shape index (κ2) is 5.36. The Bertz CT molecular complexity index is 537. The molecule has 0 aliphatic rings. The molecular formula is C14H16ClN3. The molecule has 2 rings (SSSR count). The van der Waals surface area contributed by atoms with E-state index < -0.39 is 0 Å². The van der Waals surface area contributed by atoms with E-state index in [1.54, 1.807) is 6.20 Å². The smallest absolute Gasteiger partial charge is 0.148 e. The topological polar surface area (TPSA) is 37.8 Å². The van der Waals surface area contributed by atoms with Crippen LogP contribution < -0.4 is 5.32 Å². The van der Waals surface area contributed by atoms with Crippen molar-refractivity contribution < 1.29 is 0 Å². The van der Waals surface area contributed by atoms with Crippen molar-refractivity contribution in [1.82, 2.24) is 9.97 Å². The number of hydrogen-bond acceptors (Lipinski definition) is 3. The molecule has 0 radical (unpaired) electrons. The number of aromatic nitrogens is 2. The number of benzene rings is 1. The van der Waals surface area contributed by atoms with E-state index in [0.29, 0.717) is 0 Å². The van der Waals surface area contributed by atoms with Crippen LogP contribution in [0.3, 0.4) is 0 Å². The fourth-order valence-corrected chi connectivity index (χ4v) is 1.84. The lowest BCUT2D eigenvalue weighted by molar-refractivity contribution is 0.862. The van der Waals surface area contributed by atoms with E-state index in [1.165, 1.54) is 5.56 Å². The molecular weight excluding hydrogens is 246 g/mol. The first-order valence-corrected chi connectivity index (χ1v) is 6.26. The quantitative estimate of drug-likeness (QED) is 0.910. The molecule has 2 aromatic rings. The zero-order valence-corrected chi connectivity index (χ0v) is 11.5. The molecule has 1 N–H and O–H groups in total. The van der Waals surface area contributed by atoms with Gasteiger partial charge in [-0.25, -0.2) is 4.98 Å². The Labute approximate surface area is 112 Å². The summed E-state index contributed by atoms with van der Waals surface area (Å²) in [7, 11) is 0. The summed E-state index contributed by atoms with van der Waals surface area (Å²) < 4.78 is 0. The van der Waals surface area contributed by atoms with Gasteiger partial charge >= 0.3 is 0 Å². The Morgan fingerprint density at radius 1 is 1.17 bits per heavy atom. The average Bonchev–Trinajstić information content (AvgIpc) is 2.34. The van der Waals surface area contributed by atoms with Crippen LogP contribution in [-0.2, 0) is 0 Å². The number of halogens is 1. The summed E-state index contributed by atoms with van der Waals surface area (Å²) in [4.78, 5) is 8.75. The Balaban J connectivity index is 2.18. The van der Waals surface area contributed by atoms with Crippen LogP contribution in [0.5, 0.6) is 0 Å². The van der Waals surface area contributed by atoms with Crippen LogP contribution in [0.2, 0.25) is 5.02 Å². The third-order valence-corrected chi connectivity index (χ3v) is 3.05. The Morgan fingerprint density at radius 2 is 1.83 bits per heavy atom. The summed E-state index contributed by atoms with van der Waals surface area (Å²) in [5.74, 6) is 0.831. The molecule has 3 nitrogen and oxygen atoms in total. The summed E-state index contributed by atoms with van der Waals surface area (Å²) in [5, 5.41) is 4.12. The normalized spacial score (nSPS) is 12.2. The maximum absolute atomic E-state index is 5.88. The second-order valence-electron chi connectivity index (χ2n) is 4.36. The molecule has 1 aromatic heterocycles. The predicted octanol–water partition coefficient (Wildman–Crippen LogP) is 3.92. The van der Waals surface area contributed by atoms with E-state index in [4.69, 9.17) is 11.6 Å². The van der Waals surface area contributed by atoms with Crippen LogP contribution in [0.25, 0.3) is 0 Å². The lowest BCUT2D eigenvalue weighted by atomic mass is 10.1. The van der Waals surface area contributed by atoms with Crippen molar-refractivity contribution in [3.63, 3.8) is 0 Å². The highest BCUT2D eigenvalue weighted by Gasteiger charge is 2.08. The van der Waals surface area contributed by atoms with Gasteiger partial charge in [-0.3, -0.25) is 4.98 Å². The molecule has 1 aromatic carbocycles. The summed E-state index contributed by atoms with van der Waals surface area (Å²) in [6, 6.07) is 7.97. The summed E-state index contributed by atoms with van der Waals surface area (Å²) in [6.07, 6.45) is 1.77. The molecule has 0 fully saturated rings. The molecule has 1 unspecified atom stereocenters. The first-order chi connectivity index (χ1) is 8.56. The Morgan fingerprint density at radius 3 is 2.50 bits per heavy atom. The van der Waals surface area contributed by atoms with Gasteiger partial charge in [0.2, 0.25) is 0 Å². The van der Waals surface area contributed by atoms with Crippen molar-refractivity contribution >= 4 is 17.4 Å². The summed E-state index contributed by atoms with van der Waals surface area (Å²) >= 11 is 5.88. The van der Waals surface area contributed by atoms with Gasteiger partial charge in [-0.1, -0.05) is 23.7 Å². The summed E-state index contributed by atoms with van der Waals surface area (Å²) in [5.41, 5.74) is 2.98. The van der Waals surface area contributed by atoms with E-state index in [-0.39, 0.29) is 6.04 Å². The van der Waals surface area contributed by atoms with E-state index in [1.807, 2.05) is 38.1 Å². The first kappa shape index (κ1) is 12.8. The molecule has 0 amide bonds. The van der Waals surface area contributed by atoms with Crippen molar-refractivity contribution in [3.05, 3.63) is 52.4 Å². The number of aryl methyl sites for hydroxylation is 2. The van der Waals surface area contributed by atoms with Crippen LogP contribution in [0.1, 0.15) is 29.9 Å². The van der Waals surface area contributed by atoms with Crippen molar-refractivity contribution in [2.45, 2.75) is 26.8 Å². The first-order valence-electron chi connectivity index (χ1n) is 5.88. The maximum atomic E-state index is 5.88. The van der Waals surface area contributed by atoms with Gasteiger partial charge in [-0.15, -0.1) is 0 Å². The molecule has 0 aliphatic carbocycles. The summed E-state index contributed by atoms with van der Waals surface area (Å²) in [6.45, 7) is 5.97. The zero-order chi connectivity index (χ0) is 13.1. The van der Waals surface area contributed by atoms with E-state index in [2.05, 4.69) is 22.2 Å². The average molecular weight is 262 g/mol. The predicted molar refractivity (Wildman–Crippen MR) is 75.0 cm³/mol. The maximum Gasteiger partial charge on any atom is 0.148 e. The molecule has 0 saturated heterocycles. The van der Waals surface area contributed by atoms with Crippen molar-refractivity contribution in [1.29, 1.82) is 0 Å². The van der Waals surface area contributed by atoms with Gasteiger partial charge < -0.3 is 5.32 Å². The number of nitrogens with one attached hydrogen (secondary N) is 1. The number of hydrogen-bond donors (Lipinski definition) is 1. The van der Waals surface area contributed by atoms with Gasteiger partial charge in [0.05, 0.1) is 17.4 Å². The molecule has 1 atom stereocenters. The van der Waals surface area contributed by atoms with Crippen molar-refractivity contribution in [2.24, 2.45) is 0 Å². The van der Waals surface area contributed by atoms with Gasteiger partial charge in [-0.05, 0) is 38.5 Å². The third kappa shape index (κ3) is 2.99. The molecule has 0 saturated carbocycles. The Hall–Kier alpha value is -1.61. The zero-order valence-electron chi connectivity index (χ0n) is 10.7. The molecule has 0 aliphatic heterocycles. The highest BCUT2D eigenvalue weighted by Crippen LogP contribution is 2.21. The minimum Gasteiger partial charge on any atom is -0.362 e. The molecule has 4 heteroatoms. The monoisotopic (exact) mass is 261 g/mol. The SMILES string of the molecule is Cc1cnc(C)c(NC(C)c2ccc(Cl)cc2)n1. The van der Waals surface area contributed by atoms with Gasteiger partial charge in [0.1, 0.15) is 5.82 Å². The number of rotatable bonds is 3. The molecule has 0 spiro atoms. The van der Waals surface area contributed by atoms with Crippen LogP contribution in [0, 0.1) is 13.8 Å². The third-order valence-electron chi connectivity index (χ3n) is 2.80. The second-order valence-corrected chi connectivity index (χ2v) is 4.80. The van der Waals surface area contributed by atoms with Crippen LogP contribution in [-0.4, -0.2) is 9.97 Å².